The first-order valence-corrected chi connectivity index (χ1v) is 37.3. The molecule has 2 N–H and O–H groups in total. The normalized spacial score (nSPS) is 13.5. The van der Waals surface area contributed by atoms with Gasteiger partial charge in [-0.25, -0.2) is 0 Å². The summed E-state index contributed by atoms with van der Waals surface area (Å²) in [5.41, 5.74) is 43.0. The summed E-state index contributed by atoms with van der Waals surface area (Å²) < 4.78 is 2.73. The van der Waals surface area contributed by atoms with E-state index in [1.165, 1.54) is 143 Å². The van der Waals surface area contributed by atoms with Crippen molar-refractivity contribution in [2.45, 2.75) is 0 Å². The summed E-state index contributed by atoms with van der Waals surface area (Å²) in [4.78, 5) is 10.9. The summed E-state index contributed by atoms with van der Waals surface area (Å²) in [5.74, 6) is 0. The molecule has 0 fully saturated rings. The topological polar surface area (TPSA) is 37.0 Å². The predicted molar refractivity (Wildman–Crippen MR) is 435 cm³/mol. The summed E-state index contributed by atoms with van der Waals surface area (Å²) in [6.45, 7) is -0.340. The van der Waals surface area contributed by atoms with Crippen molar-refractivity contribution in [3.63, 3.8) is 0 Å². The number of nitrogens with zero attached hydrogens (tertiary/aromatic N) is 4. The first-order chi connectivity index (χ1) is 51.1. The first-order valence-electron chi connectivity index (χ1n) is 35.6. The molecule has 0 unspecified atom stereocenters. The fourth-order valence-electron chi connectivity index (χ4n) is 18.3. The van der Waals surface area contributed by atoms with Crippen LogP contribution in [-0.2, 0) is 0 Å². The van der Waals surface area contributed by atoms with Crippen molar-refractivity contribution in [1.29, 1.82) is 0 Å². The average Bonchev–Trinajstić information content (AvgIpc) is 1.62. The molecule has 476 valence electrons. The number of hydrogen-bond donors (Lipinski definition) is 2. The Kier molecular flexibility index (Phi) is 12.1. The Morgan fingerprint density at radius 3 is 1.01 bits per heavy atom. The maximum absolute atomic E-state index is 4.30. The second kappa shape index (κ2) is 21.9. The molecule has 7 aliphatic heterocycles. The molecular formula is C94H58B2N6Se. The van der Waals surface area contributed by atoms with Gasteiger partial charge >= 0.3 is 511 Å². The van der Waals surface area contributed by atoms with E-state index < -0.39 is 0 Å². The Balaban J connectivity index is 0.835. The van der Waals surface area contributed by atoms with Gasteiger partial charge in [0.2, 0.25) is 0 Å². The SMILES string of the molecule is c1ccc(-c2cc3c4c(c2)B2c5ccc6c7c5N(c5cccc(c52)N4c2cc(-c4ccccc4)cc(-c4ccccc4)c2N3)c2c(-c3ccccc3)[se]c(-c3ccccc3)c2N7c2cccc3c2B6c2ccc(-c4ccccc4)c4c2N3c2cc(-c3ccccc3)cc(-c3ccccc3)c2N4)cc1. The zero-order valence-corrected chi connectivity index (χ0v) is 57.4. The van der Waals surface area contributed by atoms with Crippen LogP contribution in [0, 0.1) is 0 Å². The summed E-state index contributed by atoms with van der Waals surface area (Å²) in [6, 6.07) is 128. The Bertz CT molecular complexity index is 6260. The third-order valence-electron chi connectivity index (χ3n) is 22.5. The number of hydrogen-bond acceptors (Lipinski definition) is 6. The van der Waals surface area contributed by atoms with Gasteiger partial charge in [-0.05, 0) is 0 Å². The van der Waals surface area contributed by atoms with Gasteiger partial charge in [0.05, 0.1) is 0 Å². The van der Waals surface area contributed by atoms with Crippen LogP contribution in [0.2, 0.25) is 0 Å². The second-order valence-electron chi connectivity index (χ2n) is 27.9. The van der Waals surface area contributed by atoms with Crippen LogP contribution in [0.25, 0.3) is 86.8 Å². The van der Waals surface area contributed by atoms with Gasteiger partial charge in [-0.3, -0.25) is 0 Å². The molecule has 15 aromatic carbocycles. The van der Waals surface area contributed by atoms with E-state index in [-0.39, 0.29) is 27.9 Å². The molecule has 0 saturated heterocycles. The van der Waals surface area contributed by atoms with E-state index in [4.69, 9.17) is 0 Å². The number of nitrogens with one attached hydrogen (secondary N) is 2. The predicted octanol–water partition coefficient (Wildman–Crippen LogP) is 20.7. The fraction of sp³-hybridized carbons (Fsp3) is 0. The van der Waals surface area contributed by atoms with Gasteiger partial charge in [0.25, 0.3) is 0 Å². The average molecular weight is 1370 g/mol. The van der Waals surface area contributed by atoms with Gasteiger partial charge in [0, 0.05) is 0 Å². The van der Waals surface area contributed by atoms with Crippen LogP contribution < -0.4 is 63.0 Å². The van der Waals surface area contributed by atoms with Gasteiger partial charge in [0.1, 0.15) is 0 Å². The molecule has 0 spiro atoms. The third-order valence-corrected chi connectivity index (χ3v) is 25.2. The maximum atomic E-state index is 4.30. The Labute approximate surface area is 604 Å². The molecule has 6 nitrogen and oxygen atoms in total. The Morgan fingerprint density at radius 1 is 0.214 bits per heavy atom. The zero-order valence-electron chi connectivity index (χ0n) is 55.7. The van der Waals surface area contributed by atoms with Crippen molar-refractivity contribution in [3.8, 4) is 86.8 Å². The standard InChI is InChI=1S/C94H58B2N6Se/c1-9-27-57(28-10-1)65-51-69(61-35-17-5-18-36-61)84-80(55-65)99-76-43-25-46-79-83(76)96(74-53-67(54-75(97-84)87(74)99)59-31-13-3-14-32-59)73-50-49-72-89-90(73)102(79)92-91(93(63-39-21-7-22-40-63)103-94(92)64-41-23-8-24-42-64)101(89)78-45-26-44-77-82(78)95(72)71-48-47-68(60-33-15-4-16-34-60)86-88(71)100(77)81-56-66(58-29-11-2-12-30-58)52-70(85(81)98-86)62-37-19-6-20-38-62/h1-56,97-98H. The van der Waals surface area contributed by atoms with Crippen LogP contribution in [0.3, 0.4) is 0 Å². The van der Waals surface area contributed by atoms with Crippen molar-refractivity contribution in [2.24, 2.45) is 0 Å². The fourth-order valence-corrected chi connectivity index (χ4v) is 21.0. The van der Waals surface area contributed by atoms with Crippen LogP contribution in [0.1, 0.15) is 0 Å². The van der Waals surface area contributed by atoms with Crippen LogP contribution >= 0.6 is 0 Å². The molecule has 9 heteroatoms. The monoisotopic (exact) mass is 1370 g/mol. The van der Waals surface area contributed by atoms with E-state index in [2.05, 4.69) is 370 Å². The molecule has 8 heterocycles. The second-order valence-corrected chi connectivity index (χ2v) is 30.1. The molecule has 0 bridgehead atoms. The molecule has 0 aliphatic carbocycles. The minimum atomic E-state index is -0.176. The number of fused-ring (bicyclic) bond motifs is 15. The summed E-state index contributed by atoms with van der Waals surface area (Å²) in [7, 11) is 0. The van der Waals surface area contributed by atoms with E-state index in [9.17, 15) is 0 Å². The molecule has 0 saturated carbocycles. The van der Waals surface area contributed by atoms with Crippen LogP contribution in [0.5, 0.6) is 0 Å². The molecule has 16 aromatic rings. The van der Waals surface area contributed by atoms with Crippen LogP contribution in [-0.4, -0.2) is 27.9 Å². The zero-order chi connectivity index (χ0) is 67.1. The molecule has 103 heavy (non-hydrogen) atoms. The number of rotatable bonds is 8. The molecular weight excluding hydrogens is 1310 g/mol. The quantitative estimate of drug-likeness (QED) is 0.148. The van der Waals surface area contributed by atoms with E-state index in [0.29, 0.717) is 0 Å². The van der Waals surface area contributed by atoms with E-state index in [1.54, 1.807) is 0 Å². The first kappa shape index (κ1) is 57.0. The summed E-state index contributed by atoms with van der Waals surface area (Å²) >= 11 is -0.160. The van der Waals surface area contributed by atoms with Crippen LogP contribution in [0.15, 0.2) is 340 Å². The number of benzene rings is 15. The van der Waals surface area contributed by atoms with Crippen molar-refractivity contribution in [2.75, 3.05) is 30.2 Å². The molecule has 23 rings (SSSR count). The Hall–Kier alpha value is -12.8. The van der Waals surface area contributed by atoms with Gasteiger partial charge in [0.15, 0.2) is 0 Å². The van der Waals surface area contributed by atoms with Crippen molar-refractivity contribution in [1.82, 2.24) is 0 Å². The van der Waals surface area contributed by atoms with E-state index >= 15 is 0 Å². The van der Waals surface area contributed by atoms with Gasteiger partial charge in [-0.1, -0.05) is 97.1 Å². The van der Waals surface area contributed by atoms with E-state index in [0.717, 1.165) is 67.5 Å². The summed E-state index contributed by atoms with van der Waals surface area (Å²) in [6.07, 6.45) is 0. The minimum absolute atomic E-state index is 0.160. The van der Waals surface area contributed by atoms with Crippen molar-refractivity contribution >= 4 is 152 Å². The molecule has 7 aliphatic rings. The van der Waals surface area contributed by atoms with E-state index in [1.807, 2.05) is 0 Å². The van der Waals surface area contributed by atoms with Crippen molar-refractivity contribution in [3.05, 3.63) is 340 Å². The molecule has 0 atom stereocenters. The molecule has 0 radical (unpaired) electrons. The summed E-state index contributed by atoms with van der Waals surface area (Å²) in [5, 5.41) is 8.55. The Morgan fingerprint density at radius 2 is 0.563 bits per heavy atom. The van der Waals surface area contributed by atoms with Gasteiger partial charge in [-0.15, -0.1) is 0 Å². The van der Waals surface area contributed by atoms with Gasteiger partial charge in [-0.2, -0.15) is 0 Å². The number of anilines is 16. The molecule has 1 aromatic heterocycles. The third kappa shape index (κ3) is 8.12. The molecule has 0 amide bonds. The van der Waals surface area contributed by atoms with Gasteiger partial charge < -0.3 is 0 Å². The van der Waals surface area contributed by atoms with Crippen LogP contribution in [0.4, 0.5) is 91.0 Å². The van der Waals surface area contributed by atoms with Crippen molar-refractivity contribution < 1.29 is 0 Å².